The molecule has 0 radical (unpaired) electrons. The standard InChI is InChI=1S/C31H37ClN2O7S/c32-24-11-8-23-19-41-29-13-10-21-16-27(29)34(14-4-3-5-20(23)15-24)18-22-9-12-26(22)28(35)7-2-1-6-25(17-30(36)37)42(39,40)33-31(21)38/h2,7-8,10-11,13,15-16,22,25-26,28,35H,1,3-6,9,12,14,17-19H2,(H,33,38)(H,36,37)/b7-2+/t22-,25-,26+,28-/m0/s1. The van der Waals surface area contributed by atoms with Crippen molar-refractivity contribution < 1.29 is 33.0 Å². The molecule has 11 heteroatoms. The van der Waals surface area contributed by atoms with Crippen LogP contribution in [0.4, 0.5) is 5.69 Å². The Labute approximate surface area is 251 Å². The first-order valence-corrected chi connectivity index (χ1v) is 16.4. The Balaban J connectivity index is 1.53. The van der Waals surface area contributed by atoms with Gasteiger partial charge in [0.25, 0.3) is 5.91 Å². The maximum Gasteiger partial charge on any atom is 0.304 e. The number of allylic oxidation sites excluding steroid dienone is 1. The summed E-state index contributed by atoms with van der Waals surface area (Å²) in [6, 6.07) is 10.6. The molecule has 0 saturated heterocycles. The van der Waals surface area contributed by atoms with Gasteiger partial charge < -0.3 is 19.8 Å². The molecule has 2 aromatic rings. The molecular weight excluding hydrogens is 580 g/mol. The number of rotatable bonds is 2. The van der Waals surface area contributed by atoms with Crippen LogP contribution in [0.25, 0.3) is 0 Å². The SMILES string of the molecule is O=C(O)C[C@@H]1CC/C=C/[C@H](O)[C@@H]2CC[C@H]2CN2CCCCc3cc(Cl)ccc3COc3ccc(cc32)C(=O)NS1(=O)=O. The number of nitrogens with one attached hydrogen (secondary N) is 1. The van der Waals surface area contributed by atoms with Crippen molar-refractivity contribution in [2.75, 3.05) is 18.0 Å². The zero-order valence-electron chi connectivity index (χ0n) is 23.4. The molecule has 3 aliphatic rings. The van der Waals surface area contributed by atoms with Crippen LogP contribution in [0.5, 0.6) is 5.75 Å². The number of aliphatic hydroxyl groups is 1. The molecule has 0 aromatic heterocycles. The van der Waals surface area contributed by atoms with Crippen molar-refractivity contribution in [2.45, 2.75) is 69.3 Å². The van der Waals surface area contributed by atoms with Gasteiger partial charge in [-0.05, 0) is 98.2 Å². The average Bonchev–Trinajstić information content (AvgIpc) is 2.95. The number of fused-ring (bicyclic) bond motifs is 3. The fourth-order valence-electron chi connectivity index (χ4n) is 6.13. The van der Waals surface area contributed by atoms with E-state index in [4.69, 9.17) is 16.3 Å². The van der Waals surface area contributed by atoms with Gasteiger partial charge in [0.05, 0.1) is 23.5 Å². The molecule has 9 nitrogen and oxygen atoms in total. The lowest BCUT2D eigenvalue weighted by atomic mass is 9.70. The number of carboxylic acid groups (broad SMARTS) is 1. The summed E-state index contributed by atoms with van der Waals surface area (Å²) < 4.78 is 34.7. The van der Waals surface area contributed by atoms with Gasteiger partial charge >= 0.3 is 5.97 Å². The monoisotopic (exact) mass is 616 g/mol. The molecule has 1 saturated carbocycles. The molecule has 1 amide bonds. The maximum absolute atomic E-state index is 13.3. The van der Waals surface area contributed by atoms with Gasteiger partial charge in [-0.15, -0.1) is 0 Å². The van der Waals surface area contributed by atoms with E-state index in [2.05, 4.69) is 9.62 Å². The van der Waals surface area contributed by atoms with E-state index in [0.29, 0.717) is 36.2 Å². The second-order valence-corrected chi connectivity index (χ2v) is 13.9. The highest BCUT2D eigenvalue weighted by molar-refractivity contribution is 7.90. The number of aryl methyl sites for hydroxylation is 1. The Bertz CT molecular complexity index is 1460. The predicted molar refractivity (Wildman–Crippen MR) is 160 cm³/mol. The summed E-state index contributed by atoms with van der Waals surface area (Å²) in [5.41, 5.74) is 2.98. The number of carboxylic acids is 1. The predicted octanol–water partition coefficient (Wildman–Crippen LogP) is 4.70. The highest BCUT2D eigenvalue weighted by Gasteiger charge is 2.37. The number of benzene rings is 2. The minimum atomic E-state index is -4.30. The van der Waals surface area contributed by atoms with Crippen molar-refractivity contribution in [3.63, 3.8) is 0 Å². The van der Waals surface area contributed by atoms with Crippen molar-refractivity contribution in [2.24, 2.45) is 11.8 Å². The summed E-state index contributed by atoms with van der Waals surface area (Å²) in [5, 5.41) is 19.7. The van der Waals surface area contributed by atoms with E-state index in [0.717, 1.165) is 43.2 Å². The topological polar surface area (TPSA) is 133 Å². The van der Waals surface area contributed by atoms with E-state index in [1.54, 1.807) is 24.3 Å². The smallest absolute Gasteiger partial charge is 0.304 e. The van der Waals surface area contributed by atoms with E-state index in [9.17, 15) is 28.2 Å². The Kier molecular flexibility index (Phi) is 9.44. The van der Waals surface area contributed by atoms with Crippen LogP contribution in [0.15, 0.2) is 48.6 Å². The van der Waals surface area contributed by atoms with Crippen LogP contribution in [-0.2, 0) is 27.8 Å². The summed E-state index contributed by atoms with van der Waals surface area (Å²) in [6.07, 6.45) is 6.82. The number of anilines is 1. The number of carbonyl (C=O) groups excluding carboxylic acids is 1. The summed E-state index contributed by atoms with van der Waals surface area (Å²) in [5.74, 6) is -1.24. The molecule has 5 rings (SSSR count). The third kappa shape index (κ3) is 7.10. The molecule has 3 N–H and O–H groups in total. The number of halogens is 1. The van der Waals surface area contributed by atoms with Crippen LogP contribution in [-0.4, -0.2) is 55.0 Å². The van der Waals surface area contributed by atoms with Crippen molar-refractivity contribution in [3.05, 3.63) is 70.3 Å². The van der Waals surface area contributed by atoms with Gasteiger partial charge in [0.15, 0.2) is 0 Å². The lowest BCUT2D eigenvalue weighted by Gasteiger charge is -2.42. The van der Waals surface area contributed by atoms with Crippen LogP contribution in [0.2, 0.25) is 5.02 Å². The first-order chi connectivity index (χ1) is 20.1. The van der Waals surface area contributed by atoms with Gasteiger partial charge in [0, 0.05) is 23.7 Å². The molecule has 42 heavy (non-hydrogen) atoms. The molecule has 226 valence electrons. The van der Waals surface area contributed by atoms with Crippen molar-refractivity contribution in [1.29, 1.82) is 0 Å². The fourth-order valence-corrected chi connectivity index (χ4v) is 7.67. The normalized spacial score (nSPS) is 27.1. The van der Waals surface area contributed by atoms with E-state index in [-0.39, 0.29) is 30.2 Å². The van der Waals surface area contributed by atoms with Gasteiger partial charge in [-0.3, -0.25) is 9.59 Å². The number of carbonyl (C=O) groups is 2. The van der Waals surface area contributed by atoms with Crippen LogP contribution >= 0.6 is 11.6 Å². The average molecular weight is 617 g/mol. The van der Waals surface area contributed by atoms with Gasteiger partial charge in [-0.2, -0.15) is 0 Å². The molecule has 1 fully saturated rings. The van der Waals surface area contributed by atoms with Crippen LogP contribution in [0.3, 0.4) is 0 Å². The molecule has 2 heterocycles. The number of hydrogen-bond acceptors (Lipinski definition) is 7. The van der Waals surface area contributed by atoms with E-state index < -0.39 is 39.7 Å². The van der Waals surface area contributed by atoms with Gasteiger partial charge in [-0.25, -0.2) is 13.1 Å². The lowest BCUT2D eigenvalue weighted by Crippen LogP contribution is -2.43. The first kappa shape index (κ1) is 30.4. The molecular formula is C31H37ClN2O7S. The largest absolute Gasteiger partial charge is 0.487 e. The van der Waals surface area contributed by atoms with Crippen molar-refractivity contribution in [1.82, 2.24) is 4.72 Å². The maximum atomic E-state index is 13.3. The number of amides is 1. The molecule has 0 unspecified atom stereocenters. The molecule has 0 spiro atoms. The van der Waals surface area contributed by atoms with Crippen molar-refractivity contribution >= 4 is 39.2 Å². The highest BCUT2D eigenvalue weighted by Crippen LogP contribution is 2.41. The quantitative estimate of drug-likeness (QED) is 0.414. The summed E-state index contributed by atoms with van der Waals surface area (Å²) in [4.78, 5) is 26.9. The van der Waals surface area contributed by atoms with Crippen molar-refractivity contribution in [3.8, 4) is 5.75 Å². The number of sulfonamides is 1. The summed E-state index contributed by atoms with van der Waals surface area (Å²) in [6.45, 7) is 1.65. The summed E-state index contributed by atoms with van der Waals surface area (Å²) >= 11 is 6.28. The number of hydrogen-bond donors (Lipinski definition) is 3. The number of aliphatic hydroxyl groups excluding tert-OH is 1. The molecule has 4 atom stereocenters. The number of aliphatic carboxylic acids is 1. The fraction of sp³-hybridized carbons (Fsp3) is 0.484. The Morgan fingerprint density at radius 2 is 1.93 bits per heavy atom. The Morgan fingerprint density at radius 3 is 2.69 bits per heavy atom. The van der Waals surface area contributed by atoms with Crippen LogP contribution < -0.4 is 14.4 Å². The molecule has 1 aliphatic carbocycles. The Morgan fingerprint density at radius 1 is 1.10 bits per heavy atom. The van der Waals surface area contributed by atoms with Gasteiger partial charge in [-0.1, -0.05) is 29.8 Å². The molecule has 2 aromatic carbocycles. The second-order valence-electron chi connectivity index (χ2n) is 11.5. The minimum Gasteiger partial charge on any atom is -0.487 e. The first-order valence-electron chi connectivity index (χ1n) is 14.5. The molecule has 2 aliphatic heterocycles. The number of nitrogens with zero attached hydrogens (tertiary/aromatic N) is 1. The van der Waals surface area contributed by atoms with Gasteiger partial charge in [0.1, 0.15) is 12.4 Å². The van der Waals surface area contributed by atoms with Crippen LogP contribution in [0, 0.1) is 11.8 Å². The third-order valence-electron chi connectivity index (χ3n) is 8.67. The zero-order valence-corrected chi connectivity index (χ0v) is 24.9. The Hall–Kier alpha value is -3.08. The van der Waals surface area contributed by atoms with E-state index in [1.807, 2.05) is 18.2 Å². The van der Waals surface area contributed by atoms with E-state index >= 15 is 0 Å². The minimum absolute atomic E-state index is 0.00468. The molecule has 2 bridgehead atoms. The third-order valence-corrected chi connectivity index (χ3v) is 10.7. The zero-order chi connectivity index (χ0) is 29.9. The summed E-state index contributed by atoms with van der Waals surface area (Å²) in [7, 11) is -4.30. The van der Waals surface area contributed by atoms with Crippen LogP contribution in [0.1, 0.15) is 66.4 Å². The second kappa shape index (κ2) is 13.1. The van der Waals surface area contributed by atoms with Gasteiger partial charge in [0.2, 0.25) is 10.0 Å². The number of ether oxygens (including phenoxy) is 1. The van der Waals surface area contributed by atoms with E-state index in [1.165, 1.54) is 6.07 Å². The highest BCUT2D eigenvalue weighted by atomic mass is 35.5. The lowest BCUT2D eigenvalue weighted by molar-refractivity contribution is -0.137.